The molecule has 134 valence electrons. The van der Waals surface area contributed by atoms with Gasteiger partial charge in [0.15, 0.2) is 6.10 Å². The fourth-order valence-corrected chi connectivity index (χ4v) is 2.76. The van der Waals surface area contributed by atoms with Gasteiger partial charge in [-0.2, -0.15) is 0 Å². The van der Waals surface area contributed by atoms with E-state index in [4.69, 9.17) is 4.74 Å². The smallest absolute Gasteiger partial charge is 0.214 e. The number of hydrogen-bond donors (Lipinski definition) is 0. The molecule has 0 aliphatic heterocycles. The summed E-state index contributed by atoms with van der Waals surface area (Å²) in [7, 11) is 8.15. The van der Waals surface area contributed by atoms with Gasteiger partial charge in [0.2, 0.25) is 5.88 Å². The van der Waals surface area contributed by atoms with Crippen molar-refractivity contribution in [2.24, 2.45) is 0 Å². The minimum absolute atomic E-state index is 0.211. The number of benzene rings is 2. The van der Waals surface area contributed by atoms with Crippen LogP contribution < -0.4 is 14.5 Å². The molecule has 0 saturated carbocycles. The molecule has 0 radical (unpaired) electrons. The van der Waals surface area contributed by atoms with Crippen LogP contribution in [0.4, 0.5) is 11.4 Å². The van der Waals surface area contributed by atoms with E-state index in [-0.39, 0.29) is 6.10 Å². The van der Waals surface area contributed by atoms with Crippen LogP contribution in [-0.2, 0) is 0 Å². The number of ether oxygens (including phenoxy) is 1. The third kappa shape index (κ3) is 4.14. The Balaban J connectivity index is 1.95. The maximum atomic E-state index is 6.25. The van der Waals surface area contributed by atoms with Crippen LogP contribution in [0.15, 0.2) is 72.9 Å². The summed E-state index contributed by atoms with van der Waals surface area (Å²) in [6.07, 6.45) is 1.54. The summed E-state index contributed by atoms with van der Waals surface area (Å²) in [5, 5.41) is 0. The molecule has 4 heteroatoms. The summed E-state index contributed by atoms with van der Waals surface area (Å²) in [5.41, 5.74) is 4.51. The second-order valence-corrected chi connectivity index (χ2v) is 6.64. The molecular weight excluding hydrogens is 322 g/mol. The largest absolute Gasteiger partial charge is 0.465 e. The van der Waals surface area contributed by atoms with Gasteiger partial charge < -0.3 is 14.5 Å². The Bertz CT molecular complexity index is 761. The Kier molecular flexibility index (Phi) is 5.42. The van der Waals surface area contributed by atoms with Gasteiger partial charge in [-0.25, -0.2) is 4.98 Å². The number of anilines is 2. The average molecular weight is 347 g/mol. The predicted octanol–water partition coefficient (Wildman–Crippen LogP) is 4.38. The highest BCUT2D eigenvalue weighted by Crippen LogP contribution is 2.30. The van der Waals surface area contributed by atoms with Crippen molar-refractivity contribution < 1.29 is 4.74 Å². The minimum atomic E-state index is -0.211. The fraction of sp³-hybridized carbons (Fsp3) is 0.227. The minimum Gasteiger partial charge on any atom is -0.465 e. The van der Waals surface area contributed by atoms with Crippen molar-refractivity contribution in [1.82, 2.24) is 4.98 Å². The third-order valence-corrected chi connectivity index (χ3v) is 4.30. The Labute approximate surface area is 155 Å². The van der Waals surface area contributed by atoms with Crippen molar-refractivity contribution in [3.8, 4) is 5.88 Å². The van der Waals surface area contributed by atoms with Crippen LogP contribution in [0, 0.1) is 0 Å². The first-order valence-corrected chi connectivity index (χ1v) is 8.67. The van der Waals surface area contributed by atoms with E-state index in [2.05, 4.69) is 63.3 Å². The van der Waals surface area contributed by atoms with E-state index >= 15 is 0 Å². The van der Waals surface area contributed by atoms with Crippen molar-refractivity contribution >= 4 is 11.4 Å². The van der Waals surface area contributed by atoms with Crippen LogP contribution in [0.2, 0.25) is 0 Å². The Morgan fingerprint density at radius 3 is 1.58 bits per heavy atom. The molecule has 0 spiro atoms. The van der Waals surface area contributed by atoms with Gasteiger partial charge in [0.05, 0.1) is 0 Å². The normalized spacial score (nSPS) is 10.7. The van der Waals surface area contributed by atoms with Gasteiger partial charge in [0, 0.05) is 51.8 Å². The lowest BCUT2D eigenvalue weighted by Crippen LogP contribution is -2.13. The molecule has 1 heterocycles. The zero-order valence-corrected chi connectivity index (χ0v) is 15.8. The zero-order valence-electron chi connectivity index (χ0n) is 15.8. The molecule has 2 aromatic carbocycles. The molecule has 0 aliphatic rings. The number of pyridine rings is 1. The second-order valence-electron chi connectivity index (χ2n) is 6.64. The monoisotopic (exact) mass is 347 g/mol. The third-order valence-electron chi connectivity index (χ3n) is 4.30. The van der Waals surface area contributed by atoms with Gasteiger partial charge in [-0.3, -0.25) is 0 Å². The maximum absolute atomic E-state index is 6.25. The van der Waals surface area contributed by atoms with Gasteiger partial charge in [-0.15, -0.1) is 0 Å². The topological polar surface area (TPSA) is 28.6 Å². The SMILES string of the molecule is CN(C)c1ccc(C(Oc2ccccn2)c2ccc(N(C)C)cc2)cc1. The first-order chi connectivity index (χ1) is 12.5. The molecule has 0 atom stereocenters. The van der Waals surface area contributed by atoms with Gasteiger partial charge in [0.1, 0.15) is 0 Å². The number of nitrogens with zero attached hydrogens (tertiary/aromatic N) is 3. The lowest BCUT2D eigenvalue weighted by atomic mass is 10.0. The molecule has 1 aromatic heterocycles. The van der Waals surface area contributed by atoms with Gasteiger partial charge in [0.25, 0.3) is 0 Å². The van der Waals surface area contributed by atoms with E-state index in [1.165, 1.54) is 0 Å². The zero-order chi connectivity index (χ0) is 18.5. The molecule has 3 rings (SSSR count). The molecule has 26 heavy (non-hydrogen) atoms. The van der Waals surface area contributed by atoms with E-state index < -0.39 is 0 Å². The predicted molar refractivity (Wildman–Crippen MR) is 108 cm³/mol. The molecule has 0 N–H and O–H groups in total. The standard InChI is InChI=1S/C22H25N3O/c1-24(2)19-12-8-17(9-13-19)22(26-21-7-5-6-16-23-21)18-10-14-20(15-11-18)25(3)4/h5-16,22H,1-4H3. The number of hydrogen-bond acceptors (Lipinski definition) is 4. The first kappa shape index (κ1) is 17.8. The van der Waals surface area contributed by atoms with E-state index in [0.717, 1.165) is 22.5 Å². The fourth-order valence-electron chi connectivity index (χ4n) is 2.76. The molecule has 0 aliphatic carbocycles. The Morgan fingerprint density at radius 1 is 0.692 bits per heavy atom. The lowest BCUT2D eigenvalue weighted by molar-refractivity contribution is 0.237. The second kappa shape index (κ2) is 7.91. The van der Waals surface area contributed by atoms with E-state index in [9.17, 15) is 0 Å². The lowest BCUT2D eigenvalue weighted by Gasteiger charge is -2.21. The van der Waals surface area contributed by atoms with Crippen LogP contribution >= 0.6 is 0 Å². The summed E-state index contributed by atoms with van der Waals surface area (Å²) < 4.78 is 6.25. The molecule has 4 nitrogen and oxygen atoms in total. The van der Waals surface area contributed by atoms with Crippen LogP contribution in [0.3, 0.4) is 0 Å². The highest BCUT2D eigenvalue weighted by molar-refractivity contribution is 5.50. The van der Waals surface area contributed by atoms with Gasteiger partial charge in [-0.1, -0.05) is 30.3 Å². The van der Waals surface area contributed by atoms with E-state index in [0.29, 0.717) is 5.88 Å². The summed E-state index contributed by atoms with van der Waals surface area (Å²) >= 11 is 0. The van der Waals surface area contributed by atoms with Crippen molar-refractivity contribution in [3.63, 3.8) is 0 Å². The quantitative estimate of drug-likeness (QED) is 0.661. The van der Waals surface area contributed by atoms with Crippen molar-refractivity contribution in [2.45, 2.75) is 6.10 Å². The van der Waals surface area contributed by atoms with Crippen molar-refractivity contribution in [3.05, 3.63) is 84.1 Å². The Morgan fingerprint density at radius 2 is 1.19 bits per heavy atom. The average Bonchev–Trinajstić information content (AvgIpc) is 2.67. The molecule has 0 unspecified atom stereocenters. The summed E-state index contributed by atoms with van der Waals surface area (Å²) in [5.74, 6) is 0.617. The number of rotatable bonds is 6. The highest BCUT2D eigenvalue weighted by Gasteiger charge is 2.17. The van der Waals surface area contributed by atoms with E-state index in [1.807, 2.05) is 46.4 Å². The van der Waals surface area contributed by atoms with Crippen molar-refractivity contribution in [1.29, 1.82) is 0 Å². The molecular formula is C22H25N3O. The van der Waals surface area contributed by atoms with Crippen molar-refractivity contribution in [2.75, 3.05) is 38.0 Å². The van der Waals surface area contributed by atoms with Gasteiger partial charge >= 0.3 is 0 Å². The molecule has 0 amide bonds. The van der Waals surface area contributed by atoms with E-state index in [1.54, 1.807) is 6.20 Å². The summed E-state index contributed by atoms with van der Waals surface area (Å²) in [4.78, 5) is 8.50. The highest BCUT2D eigenvalue weighted by atomic mass is 16.5. The number of aromatic nitrogens is 1. The van der Waals surface area contributed by atoms with Crippen LogP contribution in [-0.4, -0.2) is 33.2 Å². The first-order valence-electron chi connectivity index (χ1n) is 8.67. The molecule has 0 bridgehead atoms. The maximum Gasteiger partial charge on any atom is 0.214 e. The summed E-state index contributed by atoms with van der Waals surface area (Å²) in [6.45, 7) is 0. The Hall–Kier alpha value is -3.01. The van der Waals surface area contributed by atoms with Gasteiger partial charge in [-0.05, 0) is 41.5 Å². The molecule has 3 aromatic rings. The van der Waals surface area contributed by atoms with Crippen LogP contribution in [0.5, 0.6) is 5.88 Å². The van der Waals surface area contributed by atoms with Crippen LogP contribution in [0.25, 0.3) is 0 Å². The molecule has 0 saturated heterocycles. The summed E-state index contributed by atoms with van der Waals surface area (Å²) in [6, 6.07) is 22.6. The van der Waals surface area contributed by atoms with Crippen LogP contribution in [0.1, 0.15) is 17.2 Å². The molecule has 0 fully saturated rings.